The third-order valence-corrected chi connectivity index (χ3v) is 1.17. The van der Waals surface area contributed by atoms with Crippen LogP contribution in [0.3, 0.4) is 0 Å². The van der Waals surface area contributed by atoms with Crippen molar-refractivity contribution in [2.45, 2.75) is 19.8 Å². The van der Waals surface area contributed by atoms with Crippen molar-refractivity contribution in [1.82, 2.24) is 20.1 Å². The highest BCUT2D eigenvalue weighted by Crippen LogP contribution is 2.05. The van der Waals surface area contributed by atoms with Gasteiger partial charge in [0.25, 0.3) is 7.98 Å². The average Bonchev–Trinajstić information content (AvgIpc) is 2.13. The highest BCUT2D eigenvalue weighted by atomic mass is 15.5. The van der Waals surface area contributed by atoms with Crippen molar-refractivity contribution < 1.29 is 0 Å². The molecule has 0 bridgehead atoms. The molecule has 0 N–H and O–H groups in total. The van der Waals surface area contributed by atoms with Crippen molar-refractivity contribution in [3.8, 4) is 0 Å². The van der Waals surface area contributed by atoms with Crippen LogP contribution in [0.2, 0.25) is 0 Å². The van der Waals surface area contributed by atoms with Gasteiger partial charge in [-0.15, -0.1) is 5.10 Å². The van der Waals surface area contributed by atoms with E-state index in [1.807, 2.05) is 7.98 Å². The molecule has 1 aromatic rings. The smallest absolute Gasteiger partial charge is 0.253 e. The summed E-state index contributed by atoms with van der Waals surface area (Å²) >= 11 is 0. The van der Waals surface area contributed by atoms with Gasteiger partial charge in [0.2, 0.25) is 0 Å². The lowest BCUT2D eigenvalue weighted by molar-refractivity contribution is 0.753. The maximum atomic E-state index is 3.82. The molecular formula is C4H9BN4. The second-order valence-electron chi connectivity index (χ2n) is 2.32. The highest BCUT2D eigenvalue weighted by molar-refractivity contribution is 6.05. The Balaban J connectivity index is 2.94. The summed E-state index contributed by atoms with van der Waals surface area (Å²) in [7, 11) is 1.84. The van der Waals surface area contributed by atoms with Gasteiger partial charge >= 0.3 is 0 Å². The van der Waals surface area contributed by atoms with Crippen LogP contribution >= 0.6 is 0 Å². The molecule has 1 rings (SSSR count). The van der Waals surface area contributed by atoms with Gasteiger partial charge in [0.1, 0.15) is 5.82 Å². The Kier molecular flexibility index (Phi) is 1.51. The number of aromatic nitrogens is 4. The van der Waals surface area contributed by atoms with Gasteiger partial charge < -0.3 is 0 Å². The molecule has 1 aromatic heterocycles. The topological polar surface area (TPSA) is 43.6 Å². The van der Waals surface area contributed by atoms with Gasteiger partial charge in [-0.05, 0) is 5.21 Å². The summed E-state index contributed by atoms with van der Waals surface area (Å²) in [6.45, 7) is 4.12. The van der Waals surface area contributed by atoms with Gasteiger partial charge in [0.05, 0.1) is 0 Å². The molecule has 0 fully saturated rings. The van der Waals surface area contributed by atoms with E-state index >= 15 is 0 Å². The second-order valence-corrected chi connectivity index (χ2v) is 2.32. The minimum Gasteiger partial charge on any atom is -0.287 e. The summed E-state index contributed by atoms with van der Waals surface area (Å²) in [6, 6.07) is 0. The first kappa shape index (κ1) is 6.26. The Morgan fingerprint density at radius 3 is 2.44 bits per heavy atom. The van der Waals surface area contributed by atoms with Crippen LogP contribution in [-0.2, 0) is 0 Å². The van der Waals surface area contributed by atoms with Crippen LogP contribution in [0.25, 0.3) is 0 Å². The monoisotopic (exact) mass is 124 g/mol. The fourth-order valence-electron chi connectivity index (χ4n) is 0.726. The fraction of sp³-hybridized carbons (Fsp3) is 0.750. The van der Waals surface area contributed by atoms with Crippen molar-refractivity contribution in [2.75, 3.05) is 0 Å². The lowest BCUT2D eigenvalue weighted by Gasteiger charge is -1.99. The summed E-state index contributed by atoms with van der Waals surface area (Å²) in [6.07, 6.45) is 0. The van der Waals surface area contributed by atoms with Crippen LogP contribution in [0.15, 0.2) is 0 Å². The predicted octanol–water partition coefficient (Wildman–Crippen LogP) is -0.807. The minimum absolute atomic E-state index is 0.407. The fourth-order valence-corrected chi connectivity index (χ4v) is 0.726. The Morgan fingerprint density at radius 2 is 2.22 bits per heavy atom. The number of hydrogen-bond donors (Lipinski definition) is 0. The van der Waals surface area contributed by atoms with Crippen LogP contribution in [0, 0.1) is 0 Å². The molecule has 0 amide bonds. The molecule has 0 spiro atoms. The van der Waals surface area contributed by atoms with Crippen molar-refractivity contribution in [3.63, 3.8) is 0 Å². The first-order valence-corrected chi connectivity index (χ1v) is 2.94. The maximum Gasteiger partial charge on any atom is 0.253 e. The maximum absolute atomic E-state index is 3.82. The van der Waals surface area contributed by atoms with E-state index in [4.69, 9.17) is 0 Å². The molecule has 5 heteroatoms. The lowest BCUT2D eigenvalue weighted by Crippen LogP contribution is -2.03. The SMILES string of the molecule is Bn1nnnc1C(C)C. The Labute approximate surface area is 54.7 Å². The summed E-state index contributed by atoms with van der Waals surface area (Å²) < 4.78 is 1.69. The summed E-state index contributed by atoms with van der Waals surface area (Å²) in [4.78, 5) is 0. The number of rotatable bonds is 1. The molecule has 0 saturated carbocycles. The van der Waals surface area contributed by atoms with E-state index in [1.54, 1.807) is 4.59 Å². The molecule has 0 atom stereocenters. The van der Waals surface area contributed by atoms with Crippen molar-refractivity contribution in [2.24, 2.45) is 0 Å². The molecule has 0 aromatic carbocycles. The highest BCUT2D eigenvalue weighted by Gasteiger charge is 2.04. The van der Waals surface area contributed by atoms with E-state index in [-0.39, 0.29) is 0 Å². The minimum atomic E-state index is 0.407. The van der Waals surface area contributed by atoms with Crippen LogP contribution in [-0.4, -0.2) is 28.1 Å². The van der Waals surface area contributed by atoms with Crippen molar-refractivity contribution >= 4 is 7.98 Å². The second kappa shape index (κ2) is 2.17. The normalized spacial score (nSPS) is 10.6. The Bertz CT molecular complexity index is 194. The van der Waals surface area contributed by atoms with Crippen molar-refractivity contribution in [1.29, 1.82) is 0 Å². The van der Waals surface area contributed by atoms with Crippen LogP contribution in [0.1, 0.15) is 25.6 Å². The molecule has 0 radical (unpaired) electrons. The zero-order valence-electron chi connectivity index (χ0n) is 5.87. The van der Waals surface area contributed by atoms with E-state index in [1.165, 1.54) is 0 Å². The number of nitrogens with zero attached hydrogens (tertiary/aromatic N) is 4. The largest absolute Gasteiger partial charge is 0.287 e. The van der Waals surface area contributed by atoms with Gasteiger partial charge in [-0.2, -0.15) is 0 Å². The molecule has 48 valence electrons. The standard InChI is InChI=1S/C4H9BN4/c1-3(2)4-6-7-8-9(4)5/h3H,5H2,1-2H3. The molecular weight excluding hydrogens is 115 g/mol. The third kappa shape index (κ3) is 1.09. The summed E-state index contributed by atoms with van der Waals surface area (Å²) in [5, 5.41) is 11.0. The lowest BCUT2D eigenvalue weighted by atomic mass is 10.2. The van der Waals surface area contributed by atoms with Gasteiger partial charge in [-0.25, -0.2) is 0 Å². The molecule has 0 aliphatic carbocycles. The van der Waals surface area contributed by atoms with Gasteiger partial charge in [-0.1, -0.05) is 19.1 Å². The van der Waals surface area contributed by atoms with Gasteiger partial charge in [0, 0.05) is 5.92 Å². The van der Waals surface area contributed by atoms with E-state index < -0.39 is 0 Å². The van der Waals surface area contributed by atoms with E-state index in [2.05, 4.69) is 29.4 Å². The molecule has 4 nitrogen and oxygen atoms in total. The third-order valence-electron chi connectivity index (χ3n) is 1.17. The number of hydrogen-bond acceptors (Lipinski definition) is 3. The molecule has 0 aliphatic heterocycles. The predicted molar refractivity (Wildman–Crippen MR) is 35.8 cm³/mol. The van der Waals surface area contributed by atoms with Crippen LogP contribution in [0.5, 0.6) is 0 Å². The van der Waals surface area contributed by atoms with E-state index in [9.17, 15) is 0 Å². The van der Waals surface area contributed by atoms with E-state index in [0.717, 1.165) is 5.82 Å². The first-order valence-electron chi connectivity index (χ1n) is 2.94. The summed E-state index contributed by atoms with van der Waals surface area (Å²) in [5.41, 5.74) is 0. The Hall–Kier alpha value is -0.865. The van der Waals surface area contributed by atoms with Crippen LogP contribution in [0.4, 0.5) is 0 Å². The average molecular weight is 124 g/mol. The number of tetrazole rings is 1. The molecule has 0 saturated heterocycles. The van der Waals surface area contributed by atoms with E-state index in [0.29, 0.717) is 5.92 Å². The van der Waals surface area contributed by atoms with Gasteiger partial charge in [0.15, 0.2) is 0 Å². The first-order chi connectivity index (χ1) is 4.22. The molecule has 0 unspecified atom stereocenters. The zero-order valence-corrected chi connectivity index (χ0v) is 5.87. The molecule has 9 heavy (non-hydrogen) atoms. The quantitative estimate of drug-likeness (QED) is 0.460. The molecule has 0 aliphatic rings. The summed E-state index contributed by atoms with van der Waals surface area (Å²) in [5.74, 6) is 1.33. The Morgan fingerprint density at radius 1 is 1.56 bits per heavy atom. The molecule has 1 heterocycles. The van der Waals surface area contributed by atoms with Crippen LogP contribution < -0.4 is 0 Å². The zero-order chi connectivity index (χ0) is 6.85. The van der Waals surface area contributed by atoms with Crippen molar-refractivity contribution in [3.05, 3.63) is 5.82 Å². The van der Waals surface area contributed by atoms with Gasteiger partial charge in [-0.3, -0.25) is 4.59 Å².